The molecule has 2 aromatic heterocycles. The van der Waals surface area contributed by atoms with Gasteiger partial charge in [0, 0.05) is 13.0 Å². The summed E-state index contributed by atoms with van der Waals surface area (Å²) in [4.78, 5) is 46.0. The summed E-state index contributed by atoms with van der Waals surface area (Å²) in [5.74, 6) is 0.367. The van der Waals surface area contributed by atoms with Crippen LogP contribution in [0.5, 0.6) is 0 Å². The Kier molecular flexibility index (Phi) is 3.64. The Labute approximate surface area is 142 Å². The lowest BCUT2D eigenvalue weighted by atomic mass is 9.82. The number of fused-ring (bicyclic) bond motifs is 1. The van der Waals surface area contributed by atoms with Gasteiger partial charge >= 0.3 is 6.03 Å². The lowest BCUT2D eigenvalue weighted by molar-refractivity contribution is -0.132. The van der Waals surface area contributed by atoms with Gasteiger partial charge in [0.1, 0.15) is 16.2 Å². The van der Waals surface area contributed by atoms with Gasteiger partial charge in [-0.3, -0.25) is 14.5 Å². The van der Waals surface area contributed by atoms with Crippen LogP contribution in [0.3, 0.4) is 0 Å². The summed E-state index contributed by atoms with van der Waals surface area (Å²) in [5, 5.41) is 5.28. The summed E-state index contributed by atoms with van der Waals surface area (Å²) in [6.45, 7) is 0.228. The molecule has 126 valence electrons. The molecule has 1 saturated heterocycles. The Bertz CT molecular complexity index is 866. The quantitative estimate of drug-likeness (QED) is 0.828. The number of carbonyl (C=O) groups excluding carboxylic acids is 2. The van der Waals surface area contributed by atoms with Gasteiger partial charge in [0.2, 0.25) is 0 Å². The smallest absolute Gasteiger partial charge is 0.323 e. The third-order valence-electron chi connectivity index (χ3n) is 4.91. The van der Waals surface area contributed by atoms with Crippen LogP contribution in [0.2, 0.25) is 0 Å². The fourth-order valence-electron chi connectivity index (χ4n) is 3.62. The number of amides is 3. The molecule has 4 rings (SSSR count). The Morgan fingerprint density at radius 3 is 2.79 bits per heavy atom. The first kappa shape index (κ1) is 15.3. The number of hydrogen-bond acceptors (Lipinski definition) is 5. The first-order valence-corrected chi connectivity index (χ1v) is 9.08. The molecule has 1 aliphatic carbocycles. The maximum atomic E-state index is 12.7. The summed E-state index contributed by atoms with van der Waals surface area (Å²) in [5.41, 5.74) is -0.884. The first-order chi connectivity index (χ1) is 11.6. The van der Waals surface area contributed by atoms with Crippen molar-refractivity contribution in [2.45, 2.75) is 44.1 Å². The maximum absolute atomic E-state index is 12.7. The van der Waals surface area contributed by atoms with Crippen LogP contribution in [0.4, 0.5) is 4.79 Å². The van der Waals surface area contributed by atoms with E-state index >= 15 is 0 Å². The zero-order valence-electron chi connectivity index (χ0n) is 13.1. The van der Waals surface area contributed by atoms with Crippen LogP contribution in [0.15, 0.2) is 16.2 Å². The molecule has 3 heterocycles. The van der Waals surface area contributed by atoms with Crippen molar-refractivity contribution in [3.8, 4) is 0 Å². The molecule has 0 radical (unpaired) electrons. The van der Waals surface area contributed by atoms with Gasteiger partial charge in [-0.05, 0) is 24.3 Å². The van der Waals surface area contributed by atoms with E-state index in [1.54, 1.807) is 6.07 Å². The average Bonchev–Trinajstić information content (AvgIpc) is 3.12. The second-order valence-electron chi connectivity index (χ2n) is 6.43. The Morgan fingerprint density at radius 2 is 2.00 bits per heavy atom. The number of nitrogens with one attached hydrogen (secondary N) is 2. The van der Waals surface area contributed by atoms with Crippen molar-refractivity contribution in [2.24, 2.45) is 0 Å². The molecule has 1 saturated carbocycles. The molecule has 1 aliphatic heterocycles. The minimum atomic E-state index is -0.701. The molecule has 0 unspecified atom stereocenters. The number of carbonyl (C=O) groups is 2. The maximum Gasteiger partial charge on any atom is 0.325 e. The molecule has 2 fully saturated rings. The highest BCUT2D eigenvalue weighted by Gasteiger charge is 2.50. The van der Waals surface area contributed by atoms with Crippen LogP contribution in [-0.2, 0) is 11.2 Å². The highest BCUT2D eigenvalue weighted by Crippen LogP contribution is 2.33. The number of imide groups is 1. The first-order valence-electron chi connectivity index (χ1n) is 8.20. The summed E-state index contributed by atoms with van der Waals surface area (Å²) in [6.07, 6.45) is 4.80. The minimum Gasteiger partial charge on any atom is -0.323 e. The predicted molar refractivity (Wildman–Crippen MR) is 90.0 cm³/mol. The Balaban J connectivity index is 1.51. The molecule has 3 amide bonds. The van der Waals surface area contributed by atoms with E-state index in [0.29, 0.717) is 35.3 Å². The Hall–Kier alpha value is -2.22. The average molecular weight is 346 g/mol. The standard InChI is InChI=1S/C16H18N4O3S/c21-12-10-5-9-24-13(10)18-11(17-12)4-8-20-14(22)16(19-15(20)23)6-2-1-3-7-16/h5,9H,1-4,6-8H2,(H,19,23)(H,17,18,21). The number of hydrogen-bond donors (Lipinski definition) is 2. The molecular weight excluding hydrogens is 328 g/mol. The number of thiophene rings is 1. The molecular formula is C16H18N4O3S. The van der Waals surface area contributed by atoms with Crippen molar-refractivity contribution in [1.82, 2.24) is 20.2 Å². The Morgan fingerprint density at radius 1 is 1.21 bits per heavy atom. The molecule has 0 aromatic carbocycles. The van der Waals surface area contributed by atoms with Gasteiger partial charge in [0.05, 0.1) is 5.39 Å². The molecule has 24 heavy (non-hydrogen) atoms. The van der Waals surface area contributed by atoms with Crippen molar-refractivity contribution in [3.05, 3.63) is 27.6 Å². The van der Waals surface area contributed by atoms with Gasteiger partial charge in [-0.15, -0.1) is 11.3 Å². The topological polar surface area (TPSA) is 95.2 Å². The number of urea groups is 1. The molecule has 2 aliphatic rings. The van der Waals surface area contributed by atoms with Crippen molar-refractivity contribution in [1.29, 1.82) is 0 Å². The van der Waals surface area contributed by atoms with E-state index in [2.05, 4.69) is 15.3 Å². The third kappa shape index (κ3) is 2.41. The molecule has 8 heteroatoms. The number of aromatic nitrogens is 2. The number of rotatable bonds is 3. The monoisotopic (exact) mass is 346 g/mol. The molecule has 0 bridgehead atoms. The van der Waals surface area contributed by atoms with Crippen LogP contribution in [0.1, 0.15) is 37.9 Å². The normalized spacial score (nSPS) is 20.1. The molecule has 7 nitrogen and oxygen atoms in total. The van der Waals surface area contributed by atoms with Crippen LogP contribution in [0, 0.1) is 0 Å². The number of nitrogens with zero attached hydrogens (tertiary/aromatic N) is 2. The van der Waals surface area contributed by atoms with Crippen LogP contribution in [-0.4, -0.2) is 38.9 Å². The zero-order chi connectivity index (χ0) is 16.7. The van der Waals surface area contributed by atoms with Crippen molar-refractivity contribution in [2.75, 3.05) is 6.54 Å². The molecule has 0 atom stereocenters. The number of H-pyrrole nitrogens is 1. The van der Waals surface area contributed by atoms with Gasteiger partial charge in [-0.25, -0.2) is 9.78 Å². The summed E-state index contributed by atoms with van der Waals surface area (Å²) in [6, 6.07) is 1.40. The van der Waals surface area contributed by atoms with E-state index in [4.69, 9.17) is 0 Å². The van der Waals surface area contributed by atoms with Crippen LogP contribution in [0.25, 0.3) is 10.2 Å². The second kappa shape index (κ2) is 5.70. The number of aromatic amines is 1. The zero-order valence-corrected chi connectivity index (χ0v) is 13.9. The predicted octanol–water partition coefficient (Wildman–Crippen LogP) is 1.78. The molecule has 2 N–H and O–H groups in total. The van der Waals surface area contributed by atoms with Gasteiger partial charge in [-0.1, -0.05) is 19.3 Å². The van der Waals surface area contributed by atoms with Crippen molar-refractivity contribution in [3.63, 3.8) is 0 Å². The molecule has 2 aromatic rings. The van der Waals surface area contributed by atoms with E-state index in [9.17, 15) is 14.4 Å². The van der Waals surface area contributed by atoms with E-state index in [0.717, 1.165) is 19.3 Å². The van der Waals surface area contributed by atoms with Crippen LogP contribution < -0.4 is 10.9 Å². The fraction of sp³-hybridized carbons (Fsp3) is 0.500. The van der Waals surface area contributed by atoms with Gasteiger partial charge < -0.3 is 10.3 Å². The fourth-order valence-corrected chi connectivity index (χ4v) is 4.40. The van der Waals surface area contributed by atoms with Gasteiger partial charge in [0.25, 0.3) is 11.5 Å². The van der Waals surface area contributed by atoms with Crippen molar-refractivity contribution >= 4 is 33.5 Å². The van der Waals surface area contributed by atoms with E-state index < -0.39 is 5.54 Å². The van der Waals surface area contributed by atoms with Gasteiger partial charge in [-0.2, -0.15) is 0 Å². The lowest BCUT2D eigenvalue weighted by Gasteiger charge is -2.30. The second-order valence-corrected chi connectivity index (χ2v) is 7.33. The summed E-state index contributed by atoms with van der Waals surface area (Å²) < 4.78 is 0. The van der Waals surface area contributed by atoms with Crippen molar-refractivity contribution < 1.29 is 9.59 Å². The van der Waals surface area contributed by atoms with Gasteiger partial charge in [0.15, 0.2) is 0 Å². The van der Waals surface area contributed by atoms with Crippen LogP contribution >= 0.6 is 11.3 Å². The highest BCUT2D eigenvalue weighted by molar-refractivity contribution is 7.16. The lowest BCUT2D eigenvalue weighted by Crippen LogP contribution is -2.48. The largest absolute Gasteiger partial charge is 0.325 e. The third-order valence-corrected chi connectivity index (χ3v) is 5.72. The van der Waals surface area contributed by atoms with E-state index in [1.165, 1.54) is 16.2 Å². The highest BCUT2D eigenvalue weighted by atomic mass is 32.1. The van der Waals surface area contributed by atoms with E-state index in [-0.39, 0.29) is 24.0 Å². The molecule has 1 spiro atoms. The minimum absolute atomic E-state index is 0.133. The van der Waals surface area contributed by atoms with E-state index in [1.807, 2.05) is 5.38 Å². The summed E-state index contributed by atoms with van der Waals surface area (Å²) in [7, 11) is 0. The SMILES string of the molecule is O=C1NC2(CCCCC2)C(=O)N1CCc1nc2sccc2c(=O)[nH]1. The summed E-state index contributed by atoms with van der Waals surface area (Å²) >= 11 is 1.40.